The lowest BCUT2D eigenvalue weighted by molar-refractivity contribution is 0.0996. The molecule has 9 nitrogen and oxygen atoms in total. The van der Waals surface area contributed by atoms with Gasteiger partial charge in [0.2, 0.25) is 5.88 Å². The van der Waals surface area contributed by atoms with Crippen LogP contribution in [0.3, 0.4) is 0 Å². The first kappa shape index (κ1) is 26.2. The first-order valence-corrected chi connectivity index (χ1v) is 12.5. The number of aromatic nitrogens is 1. The maximum Gasteiger partial charge on any atom is 0.319 e. The molecule has 2 saturated heterocycles. The van der Waals surface area contributed by atoms with Crippen molar-refractivity contribution in [3.63, 3.8) is 0 Å². The van der Waals surface area contributed by atoms with Gasteiger partial charge in [-0.2, -0.15) is 4.37 Å². The van der Waals surface area contributed by atoms with Crippen LogP contribution in [0.1, 0.15) is 40.7 Å². The van der Waals surface area contributed by atoms with Crippen LogP contribution < -0.4 is 21.1 Å². The van der Waals surface area contributed by atoms with E-state index in [-0.39, 0.29) is 22.0 Å². The second-order valence-electron chi connectivity index (χ2n) is 9.19. The molecule has 0 radical (unpaired) electrons. The number of primary amides is 1. The van der Waals surface area contributed by atoms with Crippen molar-refractivity contribution in [1.29, 1.82) is 0 Å². The van der Waals surface area contributed by atoms with Gasteiger partial charge in [0.25, 0.3) is 5.91 Å². The number of urea groups is 1. The van der Waals surface area contributed by atoms with Crippen LogP contribution in [0.25, 0.3) is 0 Å². The molecule has 2 aromatic rings. The summed E-state index contributed by atoms with van der Waals surface area (Å²) < 4.78 is 51.1. The summed E-state index contributed by atoms with van der Waals surface area (Å²) in [5, 5.41) is 5.27. The fraction of sp³-hybridized carbons (Fsp3) is 0.522. The molecule has 36 heavy (non-hydrogen) atoms. The lowest BCUT2D eigenvalue weighted by Gasteiger charge is -2.31. The Kier molecular flexibility index (Phi) is 8.00. The van der Waals surface area contributed by atoms with Crippen LogP contribution in [0.2, 0.25) is 0 Å². The molecule has 13 heteroatoms. The Hall–Kier alpha value is -2.90. The number of anilines is 1. The second-order valence-corrected chi connectivity index (χ2v) is 9.97. The molecule has 1 aromatic heterocycles. The number of hydrogen-bond acceptors (Lipinski definition) is 7. The Bertz CT molecular complexity index is 1140. The van der Waals surface area contributed by atoms with Gasteiger partial charge in [-0.05, 0) is 62.9 Å². The summed E-state index contributed by atoms with van der Waals surface area (Å²) in [7, 11) is 2.16. The number of hydrogen-bond donors (Lipinski definition) is 3. The molecule has 0 spiro atoms. The number of nitrogens with zero attached hydrogens (tertiary/aromatic N) is 3. The van der Waals surface area contributed by atoms with Crippen molar-refractivity contribution in [3.8, 4) is 5.88 Å². The number of nitrogens with two attached hydrogens (primary N) is 1. The van der Waals surface area contributed by atoms with Gasteiger partial charge in [-0.15, -0.1) is 0 Å². The van der Waals surface area contributed by atoms with E-state index in [1.807, 2.05) is 0 Å². The van der Waals surface area contributed by atoms with Gasteiger partial charge >= 0.3 is 6.03 Å². The monoisotopic (exact) mass is 526 g/mol. The molecule has 3 heterocycles. The number of halogens is 3. The third-order valence-electron chi connectivity index (χ3n) is 6.71. The number of fused-ring (bicyclic) bond motifs is 2. The van der Waals surface area contributed by atoms with Crippen molar-refractivity contribution in [3.05, 3.63) is 40.2 Å². The number of nitrogens with one attached hydrogen (secondary N) is 2. The maximum absolute atomic E-state index is 14.1. The van der Waals surface area contributed by atoms with Crippen molar-refractivity contribution < 1.29 is 27.5 Å². The second kappa shape index (κ2) is 11.0. The highest BCUT2D eigenvalue weighted by Crippen LogP contribution is 2.32. The predicted molar refractivity (Wildman–Crippen MR) is 129 cm³/mol. The minimum absolute atomic E-state index is 0.0308. The molecule has 2 fully saturated rings. The maximum atomic E-state index is 14.1. The summed E-state index contributed by atoms with van der Waals surface area (Å²) in [4.78, 5) is 29.2. The molecule has 2 aliphatic rings. The highest BCUT2D eigenvalue weighted by atomic mass is 32.1. The van der Waals surface area contributed by atoms with Gasteiger partial charge in [0.1, 0.15) is 23.0 Å². The molecule has 2 bridgehead atoms. The largest absolute Gasteiger partial charge is 0.471 e. The fourth-order valence-electron chi connectivity index (χ4n) is 4.71. The van der Waals surface area contributed by atoms with Crippen molar-refractivity contribution in [2.75, 3.05) is 38.5 Å². The zero-order valence-electron chi connectivity index (χ0n) is 20.1. The Balaban J connectivity index is 1.26. The van der Waals surface area contributed by atoms with Crippen LogP contribution in [-0.2, 0) is 6.61 Å². The van der Waals surface area contributed by atoms with Crippen LogP contribution in [0, 0.1) is 24.4 Å². The standard InChI is InChI=1S/C23H29F3N6O3S/c1-12-7-16(24)15(19(26)18(12)25)11-35-21-17(20(27)33)22(36-30-21)29-23(34)28-5-3-4-6-32-10-13-8-14(32)9-31(13)2/h7,13-14H,3-6,8-11H2,1-2H3,(H2,27,33)(H2,28,29,34). The average molecular weight is 527 g/mol. The quantitative estimate of drug-likeness (QED) is 0.324. The summed E-state index contributed by atoms with van der Waals surface area (Å²) in [6, 6.07) is 1.58. The Morgan fingerprint density at radius 2 is 2.00 bits per heavy atom. The van der Waals surface area contributed by atoms with Crippen LogP contribution in [0.5, 0.6) is 5.88 Å². The van der Waals surface area contributed by atoms with Gasteiger partial charge in [-0.25, -0.2) is 18.0 Å². The molecule has 196 valence electrons. The van der Waals surface area contributed by atoms with Gasteiger partial charge in [0.15, 0.2) is 11.6 Å². The number of aryl methyl sites for hydroxylation is 1. The number of ether oxygens (including phenoxy) is 1. The Morgan fingerprint density at radius 3 is 2.67 bits per heavy atom. The molecule has 2 aliphatic heterocycles. The molecule has 3 amide bonds. The number of unbranched alkanes of at least 4 members (excludes halogenated alkanes) is 1. The van der Waals surface area contributed by atoms with E-state index in [0.29, 0.717) is 18.6 Å². The lowest BCUT2D eigenvalue weighted by Crippen LogP contribution is -2.44. The zero-order valence-corrected chi connectivity index (χ0v) is 20.9. The van der Waals surface area contributed by atoms with E-state index in [2.05, 4.69) is 31.9 Å². The van der Waals surface area contributed by atoms with Gasteiger partial charge in [-0.3, -0.25) is 15.0 Å². The Labute approximate surface area is 210 Å². The molecule has 4 N–H and O–H groups in total. The summed E-state index contributed by atoms with van der Waals surface area (Å²) in [5.74, 6) is -4.83. The molecule has 4 rings (SSSR count). The molecule has 0 aliphatic carbocycles. The molecular formula is C23H29F3N6O3S. The van der Waals surface area contributed by atoms with Gasteiger partial charge in [0, 0.05) is 31.7 Å². The highest BCUT2D eigenvalue weighted by Gasteiger charge is 2.40. The first-order valence-electron chi connectivity index (χ1n) is 11.7. The van der Waals surface area contributed by atoms with E-state index in [1.54, 1.807) is 0 Å². The predicted octanol–water partition coefficient (Wildman–Crippen LogP) is 2.84. The van der Waals surface area contributed by atoms with Crippen molar-refractivity contribution in [2.45, 2.75) is 44.9 Å². The van der Waals surface area contributed by atoms with E-state index in [4.69, 9.17) is 10.5 Å². The lowest BCUT2D eigenvalue weighted by atomic mass is 10.1. The van der Waals surface area contributed by atoms with Gasteiger partial charge in [-0.1, -0.05) is 0 Å². The highest BCUT2D eigenvalue weighted by molar-refractivity contribution is 7.11. The van der Waals surface area contributed by atoms with Crippen molar-refractivity contribution >= 4 is 28.5 Å². The minimum Gasteiger partial charge on any atom is -0.471 e. The summed E-state index contributed by atoms with van der Waals surface area (Å²) in [6.07, 6.45) is 2.97. The van der Waals surface area contributed by atoms with Crippen LogP contribution in [-0.4, -0.2) is 71.4 Å². The minimum atomic E-state index is -1.38. The molecule has 2 atom stereocenters. The SMILES string of the molecule is Cc1cc(F)c(COc2nsc(NC(=O)NCCCCN3CC4CC3CN4C)c2C(N)=O)c(F)c1F. The average Bonchev–Trinajstić information content (AvgIpc) is 3.51. The van der Waals surface area contributed by atoms with E-state index in [0.717, 1.165) is 50.1 Å². The number of carbonyl (C=O) groups excluding carboxylic acids is 2. The summed E-state index contributed by atoms with van der Waals surface area (Å²) in [6.45, 7) is 4.15. The summed E-state index contributed by atoms with van der Waals surface area (Å²) in [5.41, 5.74) is 4.33. The van der Waals surface area contributed by atoms with Gasteiger partial charge < -0.3 is 20.7 Å². The van der Waals surface area contributed by atoms with E-state index in [1.165, 1.54) is 13.3 Å². The van der Waals surface area contributed by atoms with E-state index < -0.39 is 41.6 Å². The normalized spacial score (nSPS) is 19.6. The zero-order chi connectivity index (χ0) is 26.0. The molecule has 1 aromatic carbocycles. The number of likely N-dealkylation sites (tertiary alicyclic amines) is 2. The van der Waals surface area contributed by atoms with Crippen LogP contribution in [0.15, 0.2) is 6.07 Å². The van der Waals surface area contributed by atoms with Crippen molar-refractivity contribution in [2.24, 2.45) is 5.73 Å². The molecule has 0 saturated carbocycles. The number of likely N-dealkylation sites (N-methyl/N-ethyl adjacent to an activating group) is 1. The third kappa shape index (κ3) is 5.57. The third-order valence-corrected chi connectivity index (χ3v) is 7.45. The number of rotatable bonds is 10. The smallest absolute Gasteiger partial charge is 0.319 e. The topological polar surface area (TPSA) is 113 Å². The molecule has 2 unspecified atom stereocenters. The van der Waals surface area contributed by atoms with Crippen LogP contribution >= 0.6 is 11.5 Å². The van der Waals surface area contributed by atoms with E-state index >= 15 is 0 Å². The van der Waals surface area contributed by atoms with Gasteiger partial charge in [0.05, 0.1) is 5.56 Å². The number of amides is 3. The van der Waals surface area contributed by atoms with E-state index in [9.17, 15) is 22.8 Å². The fourth-order valence-corrected chi connectivity index (χ4v) is 5.45. The molecular weight excluding hydrogens is 497 g/mol. The first-order chi connectivity index (χ1) is 17.2. The summed E-state index contributed by atoms with van der Waals surface area (Å²) >= 11 is 0.729. The van der Waals surface area contributed by atoms with Crippen LogP contribution in [0.4, 0.5) is 23.0 Å². The number of carbonyl (C=O) groups is 2. The number of benzene rings is 1. The Morgan fingerprint density at radius 1 is 1.22 bits per heavy atom. The van der Waals surface area contributed by atoms with Crippen molar-refractivity contribution in [1.82, 2.24) is 19.5 Å². The number of piperazine rings is 1.